The third-order valence-corrected chi connectivity index (χ3v) is 17.7. The Morgan fingerprint density at radius 1 is 0.379 bits per heavy atom. The second-order valence-electron chi connectivity index (χ2n) is 23.8. The maximum absolute atomic E-state index is 13.7. The van der Waals surface area contributed by atoms with E-state index in [1.807, 2.05) is 44.2 Å². The van der Waals surface area contributed by atoms with Crippen LogP contribution in [-0.2, 0) is 9.47 Å². The summed E-state index contributed by atoms with van der Waals surface area (Å²) in [6.07, 6.45) is 4.74. The molecule has 0 aliphatic rings. The molecule has 0 unspecified atom stereocenters. The van der Waals surface area contributed by atoms with Crippen LogP contribution in [0, 0.1) is 20.8 Å². The maximum Gasteiger partial charge on any atom is 0.338 e. The van der Waals surface area contributed by atoms with Crippen LogP contribution in [0.5, 0.6) is 0 Å². The van der Waals surface area contributed by atoms with Gasteiger partial charge in [0.2, 0.25) is 17.3 Å². The summed E-state index contributed by atoms with van der Waals surface area (Å²) in [5.74, 6) is -4.11. The molecule has 12 rings (SSSR count). The van der Waals surface area contributed by atoms with Crippen LogP contribution in [0.1, 0.15) is 157 Å². The lowest BCUT2D eigenvalue weighted by molar-refractivity contribution is 0.0517. The van der Waals surface area contributed by atoms with Crippen LogP contribution >= 0.6 is 34.8 Å². The second kappa shape index (κ2) is 32.7. The Balaban J connectivity index is 0.000000215. The molecular formula is C82H75Cl3N5O13-. The number of benzene rings is 6. The van der Waals surface area contributed by atoms with Crippen molar-refractivity contribution in [3.63, 3.8) is 0 Å². The van der Waals surface area contributed by atoms with Crippen molar-refractivity contribution in [2.24, 2.45) is 0 Å². The number of carboxylic acid groups (broad SMARTS) is 2. The highest BCUT2D eigenvalue weighted by Gasteiger charge is 2.27. The van der Waals surface area contributed by atoms with E-state index in [1.165, 1.54) is 34.2 Å². The van der Waals surface area contributed by atoms with E-state index in [9.17, 15) is 53.4 Å². The number of hydrogen-bond donors (Lipinski definition) is 2. The van der Waals surface area contributed by atoms with Gasteiger partial charge in [0.05, 0.1) is 95.3 Å². The van der Waals surface area contributed by atoms with Crippen molar-refractivity contribution >= 4 is 104 Å². The first kappa shape index (κ1) is 77.0. The first-order valence-corrected chi connectivity index (χ1v) is 32.8. The predicted octanol–water partition coefficient (Wildman–Crippen LogP) is 17.9. The summed E-state index contributed by atoms with van der Waals surface area (Å²) < 4.78 is 15.1. The van der Waals surface area contributed by atoms with Crippen molar-refractivity contribution in [1.29, 1.82) is 0 Å². The minimum Gasteiger partial charge on any atom is -1.00 e. The molecule has 0 radical (unpaired) electrons. The summed E-state index contributed by atoms with van der Waals surface area (Å²) >= 11 is 19.1. The number of halogens is 3. The van der Waals surface area contributed by atoms with E-state index in [0.717, 1.165) is 55.6 Å². The summed E-state index contributed by atoms with van der Waals surface area (Å²) in [6, 6.07) is 51.6. The van der Waals surface area contributed by atoms with Crippen molar-refractivity contribution < 1.29 is 64.3 Å². The van der Waals surface area contributed by atoms with Gasteiger partial charge in [0, 0.05) is 80.2 Å². The Hall–Kier alpha value is -11.7. The van der Waals surface area contributed by atoms with Gasteiger partial charge in [-0.3, -0.25) is 24.0 Å². The molecule has 0 saturated carbocycles. The minimum atomic E-state index is -1.10. The molecule has 2 amide bonds. The molecular weight excluding hydrogens is 1370 g/mol. The number of esters is 2. The van der Waals surface area contributed by atoms with E-state index < -0.39 is 23.9 Å². The number of ether oxygens (including phenoxy) is 2. The van der Waals surface area contributed by atoms with Gasteiger partial charge in [-0.05, 0) is 177 Å². The number of fused-ring (bicyclic) bond motifs is 3. The number of aryl methyl sites for hydroxylation is 3. The van der Waals surface area contributed by atoms with Crippen LogP contribution in [-0.4, -0.2) is 128 Å². The largest absolute Gasteiger partial charge is 1.00 e. The summed E-state index contributed by atoms with van der Waals surface area (Å²) in [5.41, 5.74) is 13.1. The lowest BCUT2D eigenvalue weighted by Crippen LogP contribution is -2.22. The van der Waals surface area contributed by atoms with Gasteiger partial charge < -0.3 is 44.1 Å². The van der Waals surface area contributed by atoms with Gasteiger partial charge in [-0.2, -0.15) is 0 Å². The van der Waals surface area contributed by atoms with Gasteiger partial charge in [0.25, 0.3) is 11.8 Å². The normalized spacial score (nSPS) is 10.7. The number of carboxylic acids is 2. The molecule has 6 aromatic heterocycles. The number of amides is 2. The molecule has 0 aliphatic heterocycles. The lowest BCUT2D eigenvalue weighted by Gasteiger charge is -2.12. The Kier molecular flexibility index (Phi) is 24.5. The molecule has 528 valence electrons. The third kappa shape index (κ3) is 16.1. The van der Waals surface area contributed by atoms with E-state index in [1.54, 1.807) is 208 Å². The number of pyridine rings is 3. The van der Waals surface area contributed by atoms with E-state index in [2.05, 4.69) is 0 Å². The van der Waals surface area contributed by atoms with Gasteiger partial charge in [-0.15, -0.1) is 0 Å². The number of aromatic nitrogens is 3. The molecule has 103 heavy (non-hydrogen) atoms. The summed E-state index contributed by atoms with van der Waals surface area (Å²) in [7, 11) is 6.68. The zero-order valence-electron chi connectivity index (χ0n) is 57.2. The fraction of sp³-hybridized carbons (Fsp3) is 0.159. The molecule has 6 aromatic carbocycles. The van der Waals surface area contributed by atoms with Gasteiger partial charge in [-0.25, -0.2) is 19.2 Å². The molecule has 0 aliphatic carbocycles. The van der Waals surface area contributed by atoms with Gasteiger partial charge in [0.15, 0.2) is 0 Å². The highest BCUT2D eigenvalue weighted by atomic mass is 35.5. The quantitative estimate of drug-likeness (QED) is 0.0639. The van der Waals surface area contributed by atoms with Gasteiger partial charge in [-0.1, -0.05) is 122 Å². The van der Waals surface area contributed by atoms with E-state index in [4.69, 9.17) is 44.3 Å². The molecule has 0 bridgehead atoms. The van der Waals surface area contributed by atoms with E-state index >= 15 is 0 Å². The molecule has 18 nitrogen and oxygen atoms in total. The minimum absolute atomic E-state index is 0. The van der Waals surface area contributed by atoms with Crippen molar-refractivity contribution in [2.75, 3.05) is 41.4 Å². The summed E-state index contributed by atoms with van der Waals surface area (Å²) in [4.78, 5) is 116. The maximum atomic E-state index is 13.7. The molecule has 0 fully saturated rings. The molecule has 21 heteroatoms. The summed E-state index contributed by atoms with van der Waals surface area (Å²) in [5, 5.41) is 19.7. The SMILES string of the molecule is C.C.CCOC(=O)c1ccc(-c2cc(C(=O)c3c(C)cccc3Cl)n3cc(C(=O)N(C)C)ccc23)cc1.CCOC(=O)c1ccc(-c2cc(C(=O)c3c(C)cccc3Cl)n3cc(C(=O)O)ccc23)cc1.Cc1cccc(Cl)c1C(=O)c1cc(-c2ccc(C(=O)O)cc2)c2ccc(C(=O)N(C)C)cn12.[2H-]. The van der Waals surface area contributed by atoms with Crippen LogP contribution in [0.25, 0.3) is 49.9 Å². The number of ketones is 3. The monoisotopic (exact) mass is 1440 g/mol. The Morgan fingerprint density at radius 2 is 0.641 bits per heavy atom. The number of carbonyl (C=O) groups excluding carboxylic acids is 7. The van der Waals surface area contributed by atoms with Crippen molar-refractivity contribution in [3.05, 3.63) is 299 Å². The molecule has 6 heterocycles. The Labute approximate surface area is 611 Å². The van der Waals surface area contributed by atoms with E-state index in [0.29, 0.717) is 83.0 Å². The second-order valence-corrected chi connectivity index (χ2v) is 25.0. The smallest absolute Gasteiger partial charge is 0.338 e. The molecule has 0 saturated heterocycles. The Morgan fingerprint density at radius 3 is 0.903 bits per heavy atom. The highest BCUT2D eigenvalue weighted by molar-refractivity contribution is 6.36. The molecule has 0 atom stereocenters. The van der Waals surface area contributed by atoms with Crippen molar-refractivity contribution in [3.8, 4) is 33.4 Å². The predicted molar refractivity (Wildman–Crippen MR) is 404 cm³/mol. The summed E-state index contributed by atoms with van der Waals surface area (Å²) in [6.45, 7) is 9.53. The number of nitrogens with zero attached hydrogens (tertiary/aromatic N) is 5. The lowest BCUT2D eigenvalue weighted by atomic mass is 10.0. The fourth-order valence-corrected chi connectivity index (χ4v) is 12.6. The topological polar surface area (TPSA) is 232 Å². The fourth-order valence-electron chi connectivity index (χ4n) is 11.6. The van der Waals surface area contributed by atoms with Gasteiger partial charge >= 0.3 is 23.9 Å². The van der Waals surface area contributed by atoms with Crippen LogP contribution in [0.3, 0.4) is 0 Å². The highest BCUT2D eigenvalue weighted by Crippen LogP contribution is 2.36. The third-order valence-electron chi connectivity index (χ3n) is 16.8. The number of rotatable bonds is 17. The van der Waals surface area contributed by atoms with E-state index in [-0.39, 0.29) is 68.9 Å². The van der Waals surface area contributed by atoms with Crippen LogP contribution in [0.2, 0.25) is 15.1 Å². The molecule has 0 spiro atoms. The van der Waals surface area contributed by atoms with Crippen molar-refractivity contribution in [1.82, 2.24) is 23.0 Å². The first-order valence-electron chi connectivity index (χ1n) is 31.6. The zero-order chi connectivity index (χ0) is 72.8. The van der Waals surface area contributed by atoms with Gasteiger partial charge in [0.1, 0.15) is 0 Å². The van der Waals surface area contributed by atoms with Crippen molar-refractivity contribution in [2.45, 2.75) is 49.5 Å². The zero-order valence-corrected chi connectivity index (χ0v) is 58.5. The number of carbonyl (C=O) groups is 9. The standard InChI is InChI=1S/C28H25ClN2O4.C26H21ClN2O4.C26H20ClNO5.2CH4.H/c1-5-35-28(34)19-11-9-18(10-12-19)21-15-24(26(32)25-17(2)7-6-8-22(25)29)31-16-20(13-14-23(21)31)27(33)30(3)4;1-15-5-4-6-20(27)23(15)24(30)22-13-19(16-7-9-17(10-8-16)26(32)33)21-12-11-18(14-29(21)22)25(31)28(2)3;1-3-33-26(32)17-9-7-16(8-10-17)19-13-22(24(29)23-15(2)5-4-6-20(23)27)28-14-18(25(30)31)11-12-21(19)28;;;/h6-16H,5H2,1-4H3;4-14H,1-3H3,(H,32,33);4-14H,3H2,1-2H3,(H,30,31);2*1H4;/q;;;;;-1/i;;;;;1+1. The van der Waals surface area contributed by atoms with Crippen LogP contribution in [0.4, 0.5) is 0 Å². The number of aromatic carboxylic acids is 2. The average Bonchev–Trinajstić information content (AvgIpc) is 1.60. The Bertz CT molecular complexity index is 5270. The molecule has 2 N–H and O–H groups in total. The first-order chi connectivity index (χ1) is 48.2. The van der Waals surface area contributed by atoms with Crippen LogP contribution < -0.4 is 0 Å². The van der Waals surface area contributed by atoms with Crippen LogP contribution in [0.15, 0.2) is 201 Å². The average molecular weight is 1450 g/mol. The number of hydrogen-bond acceptors (Lipinski definition) is 11. The molecule has 12 aromatic rings.